The fourth-order valence-corrected chi connectivity index (χ4v) is 4.25. The number of nitrogens with zero attached hydrogens (tertiary/aromatic N) is 2. The van der Waals surface area contributed by atoms with E-state index >= 15 is 0 Å². The lowest BCUT2D eigenvalue weighted by molar-refractivity contribution is -0.124. The highest BCUT2D eigenvalue weighted by Crippen LogP contribution is 2.41. The van der Waals surface area contributed by atoms with Crippen LogP contribution in [0.4, 0.5) is 11.4 Å². The molecule has 1 fully saturated rings. The van der Waals surface area contributed by atoms with Crippen LogP contribution in [0.3, 0.4) is 0 Å². The number of anilines is 2. The Bertz CT molecular complexity index is 935. The molecule has 3 amide bonds. The Morgan fingerprint density at radius 3 is 2.44 bits per heavy atom. The van der Waals surface area contributed by atoms with E-state index in [4.69, 9.17) is 5.73 Å². The fraction of sp³-hybridized carbons (Fsp3) is 0.560. The van der Waals surface area contributed by atoms with Crippen LogP contribution in [-0.4, -0.2) is 36.9 Å². The van der Waals surface area contributed by atoms with Crippen LogP contribution >= 0.6 is 0 Å². The average molecular weight is 441 g/mol. The molecule has 1 unspecified atom stereocenters. The Balaban J connectivity index is 1.90. The summed E-state index contributed by atoms with van der Waals surface area (Å²) in [5.74, 6) is -0.0521. The van der Waals surface area contributed by atoms with Crippen molar-refractivity contribution in [2.75, 3.05) is 22.9 Å². The predicted octanol–water partition coefficient (Wildman–Crippen LogP) is 3.29. The predicted molar refractivity (Wildman–Crippen MR) is 127 cm³/mol. The van der Waals surface area contributed by atoms with Crippen molar-refractivity contribution in [2.24, 2.45) is 17.1 Å². The number of hydrogen-bond acceptors (Lipinski definition) is 4. The first-order valence-electron chi connectivity index (χ1n) is 11.5. The van der Waals surface area contributed by atoms with E-state index in [1.807, 2.05) is 24.0 Å². The summed E-state index contributed by atoms with van der Waals surface area (Å²) in [4.78, 5) is 40.8. The Morgan fingerprint density at radius 2 is 1.91 bits per heavy atom. The van der Waals surface area contributed by atoms with Crippen LogP contribution in [0.1, 0.15) is 65.4 Å². The summed E-state index contributed by atoms with van der Waals surface area (Å²) in [6.45, 7) is 14.3. The fourth-order valence-electron chi connectivity index (χ4n) is 4.25. The molecular formula is C25H36N4O3. The third-order valence-electron chi connectivity index (χ3n) is 6.87. The molecule has 1 heterocycles. The summed E-state index contributed by atoms with van der Waals surface area (Å²) in [7, 11) is 0. The molecule has 0 radical (unpaired) electrons. The molecule has 1 aliphatic carbocycles. The van der Waals surface area contributed by atoms with Crippen molar-refractivity contribution in [3.63, 3.8) is 0 Å². The highest BCUT2D eigenvalue weighted by atomic mass is 16.2. The topological polar surface area (TPSA) is 95.7 Å². The van der Waals surface area contributed by atoms with E-state index < -0.39 is 11.3 Å². The summed E-state index contributed by atoms with van der Waals surface area (Å²) in [5.41, 5.74) is 7.92. The van der Waals surface area contributed by atoms with E-state index in [1.54, 1.807) is 25.7 Å². The number of fused-ring (bicyclic) bond motifs is 1. The van der Waals surface area contributed by atoms with Crippen LogP contribution in [0.2, 0.25) is 0 Å². The lowest BCUT2D eigenvalue weighted by Crippen LogP contribution is -2.51. The first kappa shape index (κ1) is 23.8. The highest BCUT2D eigenvalue weighted by Gasteiger charge is 2.40. The van der Waals surface area contributed by atoms with Crippen molar-refractivity contribution in [3.8, 4) is 0 Å². The zero-order chi connectivity index (χ0) is 23.8. The van der Waals surface area contributed by atoms with Crippen molar-refractivity contribution in [2.45, 2.75) is 65.8 Å². The lowest BCUT2D eigenvalue weighted by Gasteiger charge is -2.41. The number of benzene rings is 1. The third-order valence-corrected chi connectivity index (χ3v) is 6.87. The molecule has 32 heavy (non-hydrogen) atoms. The van der Waals surface area contributed by atoms with Gasteiger partial charge in [0.05, 0.1) is 22.8 Å². The normalized spacial score (nSPS) is 19.2. The van der Waals surface area contributed by atoms with Gasteiger partial charge in [-0.2, -0.15) is 0 Å². The van der Waals surface area contributed by atoms with Gasteiger partial charge >= 0.3 is 0 Å². The Morgan fingerprint density at radius 1 is 1.25 bits per heavy atom. The number of carbonyl (C=O) groups is 3. The van der Waals surface area contributed by atoms with E-state index in [2.05, 4.69) is 24.9 Å². The van der Waals surface area contributed by atoms with Crippen molar-refractivity contribution >= 4 is 29.1 Å². The van der Waals surface area contributed by atoms with Gasteiger partial charge in [-0.1, -0.05) is 19.6 Å². The molecule has 174 valence electrons. The van der Waals surface area contributed by atoms with E-state index in [0.717, 1.165) is 36.2 Å². The number of hydrogen-bond donors (Lipinski definition) is 2. The van der Waals surface area contributed by atoms with Crippen LogP contribution in [0.5, 0.6) is 0 Å². The first-order chi connectivity index (χ1) is 15.0. The van der Waals surface area contributed by atoms with Gasteiger partial charge in [-0.25, -0.2) is 0 Å². The van der Waals surface area contributed by atoms with Crippen LogP contribution in [-0.2, 0) is 14.4 Å². The molecule has 0 bridgehead atoms. The van der Waals surface area contributed by atoms with E-state index in [0.29, 0.717) is 18.8 Å². The van der Waals surface area contributed by atoms with Gasteiger partial charge in [-0.15, -0.1) is 0 Å². The molecule has 7 heteroatoms. The molecule has 3 N–H and O–H groups in total. The maximum atomic E-state index is 13.0. The molecular weight excluding hydrogens is 404 g/mol. The molecule has 0 aromatic heterocycles. The molecule has 1 aromatic rings. The second-order valence-corrected chi connectivity index (χ2v) is 9.66. The van der Waals surface area contributed by atoms with Crippen LogP contribution < -0.4 is 20.9 Å². The van der Waals surface area contributed by atoms with E-state index in [-0.39, 0.29) is 29.7 Å². The minimum atomic E-state index is -0.847. The number of amides is 3. The summed E-state index contributed by atoms with van der Waals surface area (Å²) in [6.07, 6.45) is 2.74. The molecule has 1 aliphatic heterocycles. The molecule has 1 saturated carbocycles. The average Bonchev–Trinajstić information content (AvgIpc) is 3.57. The second kappa shape index (κ2) is 8.96. The Kier molecular flexibility index (Phi) is 6.67. The number of carbonyl (C=O) groups excluding carboxylic acids is 3. The van der Waals surface area contributed by atoms with Crippen LogP contribution in [0.15, 0.2) is 30.5 Å². The van der Waals surface area contributed by atoms with Gasteiger partial charge in [0.2, 0.25) is 17.7 Å². The Hall–Kier alpha value is -2.83. The molecule has 3 rings (SSSR count). The number of nitrogens with two attached hydrogens (primary N) is 1. The zero-order valence-electron chi connectivity index (χ0n) is 19.9. The van der Waals surface area contributed by atoms with Gasteiger partial charge in [0, 0.05) is 37.5 Å². The van der Waals surface area contributed by atoms with Gasteiger partial charge in [0.1, 0.15) is 0 Å². The molecule has 0 spiro atoms. The van der Waals surface area contributed by atoms with E-state index in [9.17, 15) is 14.4 Å². The summed E-state index contributed by atoms with van der Waals surface area (Å²) in [6, 6.07) is 5.97. The highest BCUT2D eigenvalue weighted by molar-refractivity contribution is 6.05. The monoisotopic (exact) mass is 440 g/mol. The largest absolute Gasteiger partial charge is 0.387 e. The maximum Gasteiger partial charge on any atom is 0.230 e. The summed E-state index contributed by atoms with van der Waals surface area (Å²) in [5, 5.41) is 3.29. The molecule has 7 nitrogen and oxygen atoms in total. The van der Waals surface area contributed by atoms with Gasteiger partial charge < -0.3 is 20.9 Å². The molecule has 2 aliphatic rings. The van der Waals surface area contributed by atoms with Gasteiger partial charge in [0.25, 0.3) is 0 Å². The van der Waals surface area contributed by atoms with Crippen molar-refractivity contribution < 1.29 is 14.4 Å². The van der Waals surface area contributed by atoms with Crippen LogP contribution in [0, 0.1) is 11.3 Å². The number of nitrogens with one attached hydrogen (secondary N) is 1. The van der Waals surface area contributed by atoms with E-state index in [1.165, 1.54) is 0 Å². The summed E-state index contributed by atoms with van der Waals surface area (Å²) >= 11 is 0. The smallest absolute Gasteiger partial charge is 0.230 e. The van der Waals surface area contributed by atoms with Gasteiger partial charge in [0.15, 0.2) is 0 Å². The third kappa shape index (κ3) is 4.52. The second-order valence-electron chi connectivity index (χ2n) is 9.66. The van der Waals surface area contributed by atoms with Gasteiger partial charge in [-0.05, 0) is 57.7 Å². The Labute approximate surface area is 191 Å². The molecule has 2 atom stereocenters. The minimum Gasteiger partial charge on any atom is -0.387 e. The number of primary amides is 1. The minimum absolute atomic E-state index is 0.0243. The zero-order valence-corrected chi connectivity index (χ0v) is 19.9. The van der Waals surface area contributed by atoms with Gasteiger partial charge in [-0.3, -0.25) is 14.4 Å². The lowest BCUT2D eigenvalue weighted by atomic mass is 9.88. The maximum absolute atomic E-state index is 13.0. The molecule has 1 aromatic carbocycles. The molecule has 0 saturated heterocycles. The quantitative estimate of drug-likeness (QED) is 0.648. The standard InChI is InChI=1S/C25H36N4O3/c1-7-18(13-27-16(3)25(5,6)24(26)32)20-10-11-21-22(12-20)28(23(31)19-8-9-19)14-15(2)29(21)17(4)30/h10-12,15,18-19,27H,3,7-9,13-14H2,1-2,4-6H3,(H2,26,32)/t15-,18?/m0/s1. The summed E-state index contributed by atoms with van der Waals surface area (Å²) < 4.78 is 0. The first-order valence-corrected chi connectivity index (χ1v) is 11.5. The van der Waals surface area contributed by atoms with Crippen molar-refractivity contribution in [1.29, 1.82) is 0 Å². The van der Waals surface area contributed by atoms with Crippen LogP contribution in [0.25, 0.3) is 0 Å². The SMILES string of the molecule is C=C(NCC(CC)c1ccc2c(c1)N(C(=O)C1CC1)C[C@H](C)N2C(C)=O)C(C)(C)C(N)=O. The number of rotatable bonds is 8. The van der Waals surface area contributed by atoms with Crippen molar-refractivity contribution in [1.82, 2.24) is 5.32 Å². The van der Waals surface area contributed by atoms with Crippen molar-refractivity contribution in [3.05, 3.63) is 36.0 Å².